The van der Waals surface area contributed by atoms with Gasteiger partial charge in [0.1, 0.15) is 0 Å². The number of nitrogens with two attached hydrogens (primary N) is 1. The molecule has 14 heavy (non-hydrogen) atoms. The Kier molecular flexibility index (Phi) is 2.62. The molecule has 5 nitrogen and oxygen atoms in total. The fourth-order valence-electron chi connectivity index (χ4n) is 0.945. The monoisotopic (exact) mass is 215 g/mol. The molecule has 0 radical (unpaired) electrons. The number of anilines is 1. The first-order valence-electron chi connectivity index (χ1n) is 3.49. The van der Waals surface area contributed by atoms with Crippen molar-refractivity contribution in [2.24, 2.45) is 0 Å². The molecule has 0 amide bonds. The third-order valence-electron chi connectivity index (χ3n) is 1.64. The van der Waals surface area contributed by atoms with E-state index in [2.05, 4.69) is 0 Å². The Hall–Kier alpha value is -1.75. The zero-order chi connectivity index (χ0) is 10.9. The van der Waals surface area contributed by atoms with Gasteiger partial charge in [0.2, 0.25) is 0 Å². The van der Waals surface area contributed by atoms with Crippen molar-refractivity contribution in [3.63, 3.8) is 0 Å². The number of rotatable bonds is 2. The van der Waals surface area contributed by atoms with Crippen LogP contribution in [0.5, 0.6) is 0 Å². The van der Waals surface area contributed by atoms with E-state index in [1.165, 1.54) is 0 Å². The topological polar surface area (TPSA) is 101 Å². The summed E-state index contributed by atoms with van der Waals surface area (Å²) in [6.07, 6.45) is 0. The molecular formula is C8H6ClNO4. The molecule has 0 fully saturated rings. The fraction of sp³-hybridized carbons (Fsp3) is 0. The van der Waals surface area contributed by atoms with Crippen LogP contribution in [-0.4, -0.2) is 22.2 Å². The van der Waals surface area contributed by atoms with E-state index in [0.29, 0.717) is 0 Å². The molecule has 0 bridgehead atoms. The molecule has 4 N–H and O–H groups in total. The number of halogens is 1. The molecule has 0 spiro atoms. The maximum absolute atomic E-state index is 10.6. The molecule has 6 heteroatoms. The average molecular weight is 216 g/mol. The standard InChI is InChI=1S/C8H6ClNO4/c9-5-3(7(11)12)1-2-4(6(5)10)8(13)14/h1-2H,10H2,(H,11,12)(H,13,14). The van der Waals surface area contributed by atoms with Crippen molar-refractivity contribution in [3.8, 4) is 0 Å². The van der Waals surface area contributed by atoms with Crippen molar-refractivity contribution in [2.45, 2.75) is 0 Å². The largest absolute Gasteiger partial charge is 0.478 e. The summed E-state index contributed by atoms with van der Waals surface area (Å²) in [5.41, 5.74) is 4.69. The molecule has 0 aliphatic carbocycles. The molecule has 0 unspecified atom stereocenters. The minimum absolute atomic E-state index is 0.208. The van der Waals surface area contributed by atoms with Crippen LogP contribution in [0.15, 0.2) is 12.1 Å². The summed E-state index contributed by atoms with van der Waals surface area (Å²) in [4.78, 5) is 21.1. The Balaban J connectivity index is 3.41. The summed E-state index contributed by atoms with van der Waals surface area (Å²) in [5.74, 6) is -2.50. The SMILES string of the molecule is Nc1c(C(=O)O)ccc(C(=O)O)c1Cl. The summed E-state index contributed by atoms with van der Waals surface area (Å²) >= 11 is 5.57. The van der Waals surface area contributed by atoms with Gasteiger partial charge in [0, 0.05) is 0 Å². The van der Waals surface area contributed by atoms with E-state index < -0.39 is 11.9 Å². The summed E-state index contributed by atoms with van der Waals surface area (Å²) in [6, 6.07) is 2.21. The molecule has 0 heterocycles. The molecule has 0 saturated heterocycles. The zero-order valence-corrected chi connectivity index (χ0v) is 7.58. The molecule has 0 atom stereocenters. The van der Waals surface area contributed by atoms with Gasteiger partial charge in [0.25, 0.3) is 0 Å². The second-order valence-corrected chi connectivity index (χ2v) is 2.88. The van der Waals surface area contributed by atoms with Gasteiger partial charge in [-0.1, -0.05) is 11.6 Å². The number of hydrogen-bond donors (Lipinski definition) is 3. The number of carbonyl (C=O) groups is 2. The minimum Gasteiger partial charge on any atom is -0.478 e. The highest BCUT2D eigenvalue weighted by molar-refractivity contribution is 6.36. The first-order valence-corrected chi connectivity index (χ1v) is 3.87. The first kappa shape index (κ1) is 10.3. The molecule has 0 aliphatic heterocycles. The lowest BCUT2D eigenvalue weighted by Crippen LogP contribution is -2.06. The van der Waals surface area contributed by atoms with Crippen LogP contribution >= 0.6 is 11.6 Å². The molecule has 74 valence electrons. The maximum Gasteiger partial charge on any atom is 0.337 e. The fourth-order valence-corrected chi connectivity index (χ4v) is 1.19. The number of carboxylic acids is 2. The second kappa shape index (κ2) is 3.55. The number of nitrogen functional groups attached to an aromatic ring is 1. The van der Waals surface area contributed by atoms with Crippen molar-refractivity contribution in [3.05, 3.63) is 28.3 Å². The third-order valence-corrected chi connectivity index (χ3v) is 2.05. The predicted octanol–water partition coefficient (Wildman–Crippen LogP) is 1.32. The molecule has 1 rings (SSSR count). The molecule has 1 aromatic rings. The Labute approximate surface area is 83.7 Å². The van der Waals surface area contributed by atoms with Crippen LogP contribution in [0.3, 0.4) is 0 Å². The van der Waals surface area contributed by atoms with E-state index in [-0.39, 0.29) is 21.8 Å². The van der Waals surface area contributed by atoms with Gasteiger partial charge in [-0.2, -0.15) is 0 Å². The van der Waals surface area contributed by atoms with Crippen LogP contribution in [0.1, 0.15) is 20.7 Å². The summed E-state index contributed by atoms with van der Waals surface area (Å²) in [7, 11) is 0. The van der Waals surface area contributed by atoms with Crippen LogP contribution in [0, 0.1) is 0 Å². The smallest absolute Gasteiger partial charge is 0.337 e. The van der Waals surface area contributed by atoms with Crippen LogP contribution in [0.4, 0.5) is 5.69 Å². The number of hydrogen-bond acceptors (Lipinski definition) is 3. The van der Waals surface area contributed by atoms with Gasteiger partial charge in [-0.15, -0.1) is 0 Å². The minimum atomic E-state index is -1.25. The highest BCUT2D eigenvalue weighted by Gasteiger charge is 2.17. The third kappa shape index (κ3) is 1.62. The lowest BCUT2D eigenvalue weighted by molar-refractivity contribution is 0.0682. The van der Waals surface area contributed by atoms with Gasteiger partial charge >= 0.3 is 11.9 Å². The molecule has 0 aliphatic rings. The average Bonchev–Trinajstić information content (AvgIpc) is 2.08. The van der Waals surface area contributed by atoms with E-state index in [4.69, 9.17) is 27.5 Å². The molecule has 0 aromatic heterocycles. The van der Waals surface area contributed by atoms with Gasteiger partial charge in [0.05, 0.1) is 21.8 Å². The van der Waals surface area contributed by atoms with Gasteiger partial charge in [0.15, 0.2) is 0 Å². The van der Waals surface area contributed by atoms with E-state index in [1.54, 1.807) is 0 Å². The zero-order valence-electron chi connectivity index (χ0n) is 6.82. The van der Waals surface area contributed by atoms with Crippen LogP contribution in [0.2, 0.25) is 5.02 Å². The van der Waals surface area contributed by atoms with Crippen LogP contribution in [-0.2, 0) is 0 Å². The quantitative estimate of drug-likeness (QED) is 0.646. The summed E-state index contributed by atoms with van der Waals surface area (Å²) in [5, 5.41) is 17.0. The van der Waals surface area contributed by atoms with Gasteiger partial charge in [-0.3, -0.25) is 0 Å². The van der Waals surface area contributed by atoms with Crippen molar-refractivity contribution in [2.75, 3.05) is 5.73 Å². The molecule has 1 aromatic carbocycles. The van der Waals surface area contributed by atoms with E-state index in [0.717, 1.165) is 12.1 Å². The predicted molar refractivity (Wildman–Crippen MR) is 49.8 cm³/mol. The van der Waals surface area contributed by atoms with Crippen molar-refractivity contribution in [1.82, 2.24) is 0 Å². The normalized spacial score (nSPS) is 9.79. The molecule has 0 saturated carbocycles. The second-order valence-electron chi connectivity index (χ2n) is 2.50. The van der Waals surface area contributed by atoms with E-state index >= 15 is 0 Å². The number of carboxylic acid groups (broad SMARTS) is 2. The molecular weight excluding hydrogens is 210 g/mol. The van der Waals surface area contributed by atoms with Gasteiger partial charge in [-0.25, -0.2) is 9.59 Å². The first-order chi connectivity index (χ1) is 6.45. The Bertz CT molecular complexity index is 377. The Morgan fingerprint density at radius 1 is 1.14 bits per heavy atom. The van der Waals surface area contributed by atoms with Crippen molar-refractivity contribution >= 4 is 29.2 Å². The summed E-state index contributed by atoms with van der Waals surface area (Å²) in [6.45, 7) is 0. The highest BCUT2D eigenvalue weighted by Crippen LogP contribution is 2.27. The Morgan fingerprint density at radius 3 is 2.00 bits per heavy atom. The van der Waals surface area contributed by atoms with Gasteiger partial charge < -0.3 is 15.9 Å². The highest BCUT2D eigenvalue weighted by atomic mass is 35.5. The van der Waals surface area contributed by atoms with Crippen molar-refractivity contribution in [1.29, 1.82) is 0 Å². The van der Waals surface area contributed by atoms with Gasteiger partial charge in [-0.05, 0) is 12.1 Å². The summed E-state index contributed by atoms with van der Waals surface area (Å²) < 4.78 is 0. The Morgan fingerprint density at radius 2 is 1.57 bits per heavy atom. The van der Waals surface area contributed by atoms with Crippen LogP contribution < -0.4 is 5.73 Å². The maximum atomic E-state index is 10.6. The lowest BCUT2D eigenvalue weighted by Gasteiger charge is -2.05. The van der Waals surface area contributed by atoms with Crippen LogP contribution in [0.25, 0.3) is 0 Å². The lowest BCUT2D eigenvalue weighted by atomic mass is 10.1. The number of aromatic carboxylic acids is 2. The number of benzene rings is 1. The van der Waals surface area contributed by atoms with E-state index in [1.807, 2.05) is 0 Å². The van der Waals surface area contributed by atoms with Crippen molar-refractivity contribution < 1.29 is 19.8 Å². The van der Waals surface area contributed by atoms with E-state index in [9.17, 15) is 9.59 Å².